The molecule has 154 valence electrons. The number of hydrogen-bond acceptors (Lipinski definition) is 8. The van der Waals surface area contributed by atoms with Crippen LogP contribution < -0.4 is 10.6 Å². The number of aliphatic hydroxyl groups is 2. The third-order valence-electron chi connectivity index (χ3n) is 2.90. The Bertz CT molecular complexity index is 635. The molecule has 1 rings (SSSR count). The van der Waals surface area contributed by atoms with E-state index in [0.29, 0.717) is 4.88 Å². The minimum atomic E-state index is -1.20. The molecule has 1 aromatic rings. The number of thiazole rings is 1. The van der Waals surface area contributed by atoms with Crippen molar-refractivity contribution in [3.63, 3.8) is 0 Å². The number of nitrogens with zero attached hydrogens (tertiary/aromatic N) is 1. The first-order valence-electron chi connectivity index (χ1n) is 8.55. The third kappa shape index (κ3) is 9.55. The fourth-order valence-electron chi connectivity index (χ4n) is 1.86. The second kappa shape index (κ2) is 9.34. The predicted octanol–water partition coefficient (Wildman–Crippen LogP) is 2.80. The summed E-state index contributed by atoms with van der Waals surface area (Å²) in [7, 11) is 0. The van der Waals surface area contributed by atoms with Gasteiger partial charge in [-0.3, -0.25) is 5.32 Å². The number of amides is 2. The summed E-state index contributed by atoms with van der Waals surface area (Å²) in [5.74, 6) is 0. The Labute approximate surface area is 163 Å². The molecule has 1 aromatic heterocycles. The lowest BCUT2D eigenvalue weighted by molar-refractivity contribution is 0.0142. The molecule has 27 heavy (non-hydrogen) atoms. The average molecular weight is 404 g/mol. The highest BCUT2D eigenvalue weighted by Gasteiger charge is 2.23. The van der Waals surface area contributed by atoms with Crippen LogP contribution in [0.25, 0.3) is 0 Å². The number of aromatic nitrogens is 1. The van der Waals surface area contributed by atoms with Crippen LogP contribution in [-0.4, -0.2) is 51.2 Å². The first kappa shape index (κ1) is 23.1. The van der Waals surface area contributed by atoms with Gasteiger partial charge in [0.05, 0.1) is 11.0 Å². The highest BCUT2D eigenvalue weighted by molar-refractivity contribution is 7.15. The molecule has 2 unspecified atom stereocenters. The summed E-state index contributed by atoms with van der Waals surface area (Å²) in [6.45, 7) is 10.6. The van der Waals surface area contributed by atoms with Gasteiger partial charge < -0.3 is 25.0 Å². The van der Waals surface area contributed by atoms with Crippen LogP contribution in [-0.2, 0) is 9.47 Å². The predicted molar refractivity (Wildman–Crippen MR) is 102 cm³/mol. The van der Waals surface area contributed by atoms with Gasteiger partial charge in [0.15, 0.2) is 5.13 Å². The van der Waals surface area contributed by atoms with Gasteiger partial charge in [0.1, 0.15) is 17.3 Å². The number of alkyl carbamates (subject to hydrolysis) is 1. The largest absolute Gasteiger partial charge is 0.444 e. The van der Waals surface area contributed by atoms with E-state index in [0.717, 1.165) is 11.3 Å². The Balaban J connectivity index is 2.47. The number of rotatable bonds is 6. The van der Waals surface area contributed by atoms with Gasteiger partial charge in [0.25, 0.3) is 0 Å². The quantitative estimate of drug-likeness (QED) is 0.574. The lowest BCUT2D eigenvalue weighted by Crippen LogP contribution is -2.34. The fourth-order valence-corrected chi connectivity index (χ4v) is 2.70. The summed E-state index contributed by atoms with van der Waals surface area (Å²) in [6, 6.07) is 0. The van der Waals surface area contributed by atoms with Crippen molar-refractivity contribution in [2.45, 2.75) is 71.4 Å². The van der Waals surface area contributed by atoms with Gasteiger partial charge >= 0.3 is 12.2 Å². The molecule has 0 aliphatic heterocycles. The van der Waals surface area contributed by atoms with Crippen molar-refractivity contribution >= 4 is 28.7 Å². The Morgan fingerprint density at radius 1 is 1.11 bits per heavy atom. The van der Waals surface area contributed by atoms with Crippen LogP contribution >= 0.6 is 11.3 Å². The van der Waals surface area contributed by atoms with Gasteiger partial charge in [0, 0.05) is 12.7 Å². The Morgan fingerprint density at radius 3 is 2.22 bits per heavy atom. The van der Waals surface area contributed by atoms with Gasteiger partial charge in [-0.25, -0.2) is 14.6 Å². The van der Waals surface area contributed by atoms with E-state index >= 15 is 0 Å². The van der Waals surface area contributed by atoms with Gasteiger partial charge in [-0.05, 0) is 48.0 Å². The van der Waals surface area contributed by atoms with Crippen molar-refractivity contribution in [3.8, 4) is 0 Å². The van der Waals surface area contributed by atoms with Crippen LogP contribution in [0.3, 0.4) is 0 Å². The number of ether oxygens (including phenoxy) is 2. The van der Waals surface area contributed by atoms with Crippen LogP contribution in [0.1, 0.15) is 58.9 Å². The van der Waals surface area contributed by atoms with E-state index in [-0.39, 0.29) is 18.1 Å². The molecule has 2 atom stereocenters. The van der Waals surface area contributed by atoms with Crippen molar-refractivity contribution in [2.75, 3.05) is 11.9 Å². The lowest BCUT2D eigenvalue weighted by atomic mass is 10.1. The molecular weight excluding hydrogens is 374 g/mol. The highest BCUT2D eigenvalue weighted by atomic mass is 32.1. The van der Waals surface area contributed by atoms with E-state index in [1.54, 1.807) is 41.5 Å². The Kier molecular flexibility index (Phi) is 8.00. The molecule has 0 aliphatic rings. The molecule has 2 amide bonds. The molecule has 0 spiro atoms. The zero-order chi connectivity index (χ0) is 20.8. The van der Waals surface area contributed by atoms with Gasteiger partial charge in [-0.15, -0.1) is 0 Å². The maximum Gasteiger partial charge on any atom is 0.413 e. The van der Waals surface area contributed by atoms with E-state index < -0.39 is 35.6 Å². The number of aliphatic hydroxyl groups excluding tert-OH is 2. The van der Waals surface area contributed by atoms with E-state index in [2.05, 4.69) is 15.6 Å². The Hall–Kier alpha value is -1.91. The van der Waals surface area contributed by atoms with Crippen LogP contribution in [0.15, 0.2) is 6.20 Å². The summed E-state index contributed by atoms with van der Waals surface area (Å²) >= 11 is 1.03. The third-order valence-corrected chi connectivity index (χ3v) is 3.88. The maximum absolute atomic E-state index is 11.7. The van der Waals surface area contributed by atoms with Crippen molar-refractivity contribution < 1.29 is 29.3 Å². The second-order valence-electron chi connectivity index (χ2n) is 7.92. The molecular formula is C17H29N3O6S. The minimum Gasteiger partial charge on any atom is -0.444 e. The van der Waals surface area contributed by atoms with Gasteiger partial charge in [-0.1, -0.05) is 11.3 Å². The molecule has 0 bridgehead atoms. The normalized spacial score (nSPS) is 14.2. The zero-order valence-corrected chi connectivity index (χ0v) is 17.3. The summed E-state index contributed by atoms with van der Waals surface area (Å²) in [4.78, 5) is 27.6. The number of hydrogen-bond donors (Lipinski definition) is 4. The van der Waals surface area contributed by atoms with Crippen molar-refractivity contribution in [1.82, 2.24) is 10.3 Å². The molecule has 0 saturated carbocycles. The first-order chi connectivity index (χ1) is 12.3. The van der Waals surface area contributed by atoms with E-state index in [4.69, 9.17) is 9.47 Å². The fraction of sp³-hybridized carbons (Fsp3) is 0.706. The second-order valence-corrected chi connectivity index (χ2v) is 8.99. The van der Waals surface area contributed by atoms with E-state index in [9.17, 15) is 19.8 Å². The summed E-state index contributed by atoms with van der Waals surface area (Å²) in [5, 5.41) is 25.5. The number of anilines is 1. The van der Waals surface area contributed by atoms with Crippen LogP contribution in [0.5, 0.6) is 0 Å². The summed E-state index contributed by atoms with van der Waals surface area (Å²) < 4.78 is 10.2. The van der Waals surface area contributed by atoms with E-state index in [1.807, 2.05) is 0 Å². The highest BCUT2D eigenvalue weighted by Crippen LogP contribution is 2.27. The zero-order valence-electron chi connectivity index (χ0n) is 16.5. The Morgan fingerprint density at radius 2 is 1.67 bits per heavy atom. The topological polar surface area (TPSA) is 130 Å². The van der Waals surface area contributed by atoms with Crippen LogP contribution in [0.4, 0.5) is 14.7 Å². The molecule has 0 aliphatic carbocycles. The molecule has 10 heteroatoms. The summed E-state index contributed by atoms with van der Waals surface area (Å²) in [6.07, 6.45) is -2.07. The lowest BCUT2D eigenvalue weighted by Gasteiger charge is -2.20. The monoisotopic (exact) mass is 403 g/mol. The maximum atomic E-state index is 11.7. The number of nitrogens with one attached hydrogen (secondary N) is 2. The molecule has 0 aromatic carbocycles. The molecule has 0 radical (unpaired) electrons. The molecule has 4 N–H and O–H groups in total. The molecule has 0 saturated heterocycles. The van der Waals surface area contributed by atoms with Crippen molar-refractivity contribution in [3.05, 3.63) is 11.1 Å². The molecule has 0 fully saturated rings. The van der Waals surface area contributed by atoms with Crippen molar-refractivity contribution in [1.29, 1.82) is 0 Å². The average Bonchev–Trinajstić information content (AvgIpc) is 2.90. The first-order valence-corrected chi connectivity index (χ1v) is 9.37. The van der Waals surface area contributed by atoms with Crippen molar-refractivity contribution in [2.24, 2.45) is 0 Å². The number of carbonyl (C=O) groups excluding carboxylic acids is 2. The summed E-state index contributed by atoms with van der Waals surface area (Å²) in [5.41, 5.74) is -1.25. The van der Waals surface area contributed by atoms with Gasteiger partial charge in [-0.2, -0.15) is 0 Å². The standard InChI is InChI=1S/C17H29N3O6S/c1-16(2,3)25-14(23)18-8-7-10(21)12(22)11-9-19-13(27-11)20-15(24)26-17(4,5)6/h9-10,12,21-22H,7-8H2,1-6H3,(H,18,23)(H,19,20,24). The van der Waals surface area contributed by atoms with E-state index in [1.165, 1.54) is 6.20 Å². The van der Waals surface area contributed by atoms with Crippen LogP contribution in [0, 0.1) is 0 Å². The van der Waals surface area contributed by atoms with Gasteiger partial charge in [0.2, 0.25) is 0 Å². The molecule has 1 heterocycles. The van der Waals surface area contributed by atoms with Crippen LogP contribution in [0.2, 0.25) is 0 Å². The minimum absolute atomic E-state index is 0.118. The SMILES string of the molecule is CC(C)(C)OC(=O)NCCC(O)C(O)c1cnc(NC(=O)OC(C)(C)C)s1. The number of carbonyl (C=O) groups is 2. The molecule has 9 nitrogen and oxygen atoms in total. The smallest absolute Gasteiger partial charge is 0.413 e.